The summed E-state index contributed by atoms with van der Waals surface area (Å²) in [4.78, 5) is 6.37. The Hall–Kier alpha value is -0.870. The Morgan fingerprint density at radius 1 is 1.57 bits per heavy atom. The van der Waals surface area contributed by atoms with Gasteiger partial charge in [0, 0.05) is 25.3 Å². The highest BCUT2D eigenvalue weighted by atomic mass is 15.2. The van der Waals surface area contributed by atoms with E-state index in [1.807, 2.05) is 19.6 Å². The Balaban J connectivity index is 2.61. The molecule has 0 spiro atoms. The second-order valence-corrected chi connectivity index (χ2v) is 3.88. The maximum Gasteiger partial charge on any atom is 0.0949 e. The zero-order valence-electron chi connectivity index (χ0n) is 9.49. The van der Waals surface area contributed by atoms with Gasteiger partial charge >= 0.3 is 0 Å². The van der Waals surface area contributed by atoms with Gasteiger partial charge < -0.3 is 14.8 Å². The van der Waals surface area contributed by atoms with Gasteiger partial charge in [0.15, 0.2) is 0 Å². The van der Waals surface area contributed by atoms with Gasteiger partial charge in [-0.25, -0.2) is 4.98 Å². The molecule has 0 saturated heterocycles. The molecule has 0 radical (unpaired) electrons. The topological polar surface area (TPSA) is 33.1 Å². The number of aromatic nitrogens is 2. The number of likely N-dealkylation sites (N-methyl/N-ethyl adjacent to an activating group) is 1. The Labute approximate surface area is 85.9 Å². The van der Waals surface area contributed by atoms with Gasteiger partial charge in [-0.2, -0.15) is 0 Å². The highest BCUT2D eigenvalue weighted by Gasteiger charge is 2.07. The van der Waals surface area contributed by atoms with Crippen molar-refractivity contribution < 1.29 is 0 Å². The van der Waals surface area contributed by atoms with Crippen molar-refractivity contribution in [2.75, 3.05) is 21.1 Å². The van der Waals surface area contributed by atoms with E-state index < -0.39 is 0 Å². The Morgan fingerprint density at radius 2 is 2.29 bits per heavy atom. The molecule has 0 aromatic carbocycles. The van der Waals surface area contributed by atoms with Crippen molar-refractivity contribution in [3.63, 3.8) is 0 Å². The number of nitrogens with one attached hydrogen (secondary N) is 1. The minimum atomic E-state index is 0.528. The van der Waals surface area contributed by atoms with E-state index in [4.69, 9.17) is 0 Å². The first-order valence-electron chi connectivity index (χ1n) is 4.95. The lowest BCUT2D eigenvalue weighted by atomic mass is 10.3. The summed E-state index contributed by atoms with van der Waals surface area (Å²) in [5, 5.41) is 3.14. The average molecular weight is 196 g/mol. The van der Waals surface area contributed by atoms with E-state index in [0.717, 1.165) is 13.1 Å². The minimum Gasteiger partial charge on any atom is -0.332 e. The molecule has 1 atom stereocenters. The molecule has 1 N–H and O–H groups in total. The summed E-state index contributed by atoms with van der Waals surface area (Å²) in [6, 6.07) is 0.528. The fourth-order valence-corrected chi connectivity index (χ4v) is 1.29. The molecular weight excluding hydrogens is 176 g/mol. The third-order valence-electron chi connectivity index (χ3n) is 2.50. The van der Waals surface area contributed by atoms with Crippen LogP contribution in [0.5, 0.6) is 0 Å². The number of hydrogen-bond donors (Lipinski definition) is 1. The van der Waals surface area contributed by atoms with Crippen molar-refractivity contribution in [3.05, 3.63) is 18.2 Å². The van der Waals surface area contributed by atoms with Crippen LogP contribution in [-0.4, -0.2) is 41.6 Å². The molecule has 0 aliphatic carbocycles. The van der Waals surface area contributed by atoms with E-state index in [9.17, 15) is 0 Å². The van der Waals surface area contributed by atoms with Crippen LogP contribution in [0.1, 0.15) is 12.6 Å². The van der Waals surface area contributed by atoms with Crippen LogP contribution < -0.4 is 5.32 Å². The van der Waals surface area contributed by atoms with Gasteiger partial charge in [0.2, 0.25) is 0 Å². The summed E-state index contributed by atoms with van der Waals surface area (Å²) in [5.41, 5.74) is 1.24. The summed E-state index contributed by atoms with van der Waals surface area (Å²) in [6.07, 6.45) is 3.81. The molecule has 0 fully saturated rings. The summed E-state index contributed by atoms with van der Waals surface area (Å²) in [5.74, 6) is 0. The van der Waals surface area contributed by atoms with Crippen molar-refractivity contribution in [1.82, 2.24) is 19.8 Å². The van der Waals surface area contributed by atoms with Gasteiger partial charge in [-0.15, -0.1) is 0 Å². The van der Waals surface area contributed by atoms with E-state index >= 15 is 0 Å². The first-order valence-corrected chi connectivity index (χ1v) is 4.95. The molecule has 0 bridgehead atoms. The van der Waals surface area contributed by atoms with Crippen LogP contribution in [-0.2, 0) is 13.1 Å². The van der Waals surface area contributed by atoms with Crippen LogP contribution in [0.3, 0.4) is 0 Å². The van der Waals surface area contributed by atoms with E-state index in [0.29, 0.717) is 6.04 Å². The van der Waals surface area contributed by atoms with Crippen molar-refractivity contribution >= 4 is 0 Å². The number of rotatable bonds is 5. The smallest absolute Gasteiger partial charge is 0.0949 e. The molecule has 1 rings (SSSR count). The molecule has 0 amide bonds. The fourth-order valence-electron chi connectivity index (χ4n) is 1.29. The lowest BCUT2D eigenvalue weighted by Gasteiger charge is -2.21. The quantitative estimate of drug-likeness (QED) is 0.746. The first kappa shape index (κ1) is 11.2. The molecule has 1 aromatic rings. The predicted octanol–water partition coefficient (Wildman–Crippen LogP) is 0.553. The molecule has 1 aromatic heterocycles. The molecule has 1 unspecified atom stereocenters. The van der Waals surface area contributed by atoms with E-state index in [1.165, 1.54) is 5.69 Å². The first-order chi connectivity index (χ1) is 6.65. The number of hydrogen-bond acceptors (Lipinski definition) is 3. The van der Waals surface area contributed by atoms with E-state index in [-0.39, 0.29) is 0 Å². The highest BCUT2D eigenvalue weighted by Crippen LogP contribution is 2.03. The van der Waals surface area contributed by atoms with Crippen molar-refractivity contribution in [1.29, 1.82) is 0 Å². The van der Waals surface area contributed by atoms with Crippen molar-refractivity contribution in [2.24, 2.45) is 0 Å². The third kappa shape index (κ3) is 2.82. The maximum atomic E-state index is 4.16. The lowest BCUT2D eigenvalue weighted by molar-refractivity contribution is 0.281. The Kier molecular flexibility index (Phi) is 4.10. The standard InChI is InChI=1S/C10H20N4/c1-9(13(3)4)7-14-8-12-6-10(14)5-11-2/h6,8-9,11H,5,7H2,1-4H3. The van der Waals surface area contributed by atoms with Gasteiger partial charge in [0.05, 0.1) is 12.0 Å². The van der Waals surface area contributed by atoms with Crippen LogP contribution in [0.4, 0.5) is 0 Å². The van der Waals surface area contributed by atoms with E-state index in [1.54, 1.807) is 0 Å². The summed E-state index contributed by atoms with van der Waals surface area (Å²) in [7, 11) is 6.14. The van der Waals surface area contributed by atoms with Crippen LogP contribution in [0, 0.1) is 0 Å². The van der Waals surface area contributed by atoms with Crippen LogP contribution in [0.25, 0.3) is 0 Å². The molecule has 4 heteroatoms. The number of nitrogens with zero attached hydrogens (tertiary/aromatic N) is 3. The highest BCUT2D eigenvalue weighted by molar-refractivity contribution is 4.98. The van der Waals surface area contributed by atoms with Crippen molar-refractivity contribution in [3.8, 4) is 0 Å². The van der Waals surface area contributed by atoms with Gasteiger partial charge in [0.1, 0.15) is 0 Å². The van der Waals surface area contributed by atoms with Gasteiger partial charge in [-0.05, 0) is 28.1 Å². The monoisotopic (exact) mass is 196 g/mol. The minimum absolute atomic E-state index is 0.528. The fraction of sp³-hybridized carbons (Fsp3) is 0.700. The maximum absolute atomic E-state index is 4.16. The number of imidazole rings is 1. The van der Waals surface area contributed by atoms with Crippen LogP contribution >= 0.6 is 0 Å². The molecule has 1 heterocycles. The van der Waals surface area contributed by atoms with Crippen LogP contribution in [0.15, 0.2) is 12.5 Å². The summed E-state index contributed by atoms with van der Waals surface area (Å²) >= 11 is 0. The zero-order chi connectivity index (χ0) is 10.6. The lowest BCUT2D eigenvalue weighted by Crippen LogP contribution is -2.29. The molecule has 4 nitrogen and oxygen atoms in total. The average Bonchev–Trinajstić information content (AvgIpc) is 2.53. The third-order valence-corrected chi connectivity index (χ3v) is 2.50. The van der Waals surface area contributed by atoms with Crippen molar-refractivity contribution in [2.45, 2.75) is 26.1 Å². The normalized spacial score (nSPS) is 13.5. The second kappa shape index (κ2) is 5.12. The van der Waals surface area contributed by atoms with Crippen LogP contribution in [0.2, 0.25) is 0 Å². The van der Waals surface area contributed by atoms with E-state index in [2.05, 4.69) is 40.8 Å². The Bertz CT molecular complexity index is 267. The largest absolute Gasteiger partial charge is 0.332 e. The summed E-state index contributed by atoms with van der Waals surface area (Å²) < 4.78 is 2.20. The zero-order valence-corrected chi connectivity index (χ0v) is 9.49. The molecule has 0 saturated carbocycles. The molecule has 80 valence electrons. The molecular formula is C10H20N4. The molecule has 14 heavy (non-hydrogen) atoms. The van der Waals surface area contributed by atoms with Gasteiger partial charge in [-0.1, -0.05) is 0 Å². The summed E-state index contributed by atoms with van der Waals surface area (Å²) in [6.45, 7) is 4.08. The predicted molar refractivity (Wildman–Crippen MR) is 58.1 cm³/mol. The van der Waals surface area contributed by atoms with Gasteiger partial charge in [0.25, 0.3) is 0 Å². The SMILES string of the molecule is CNCc1cncn1CC(C)N(C)C. The second-order valence-electron chi connectivity index (χ2n) is 3.88. The van der Waals surface area contributed by atoms with Gasteiger partial charge in [-0.3, -0.25) is 0 Å². The molecule has 0 aliphatic heterocycles. The molecule has 0 aliphatic rings. The Morgan fingerprint density at radius 3 is 2.86 bits per heavy atom.